The van der Waals surface area contributed by atoms with Crippen molar-refractivity contribution >= 4 is 19.8 Å². The summed E-state index contributed by atoms with van der Waals surface area (Å²) in [5.41, 5.74) is 0. The number of carbonyl (C=O) groups excluding carboxylic acids is 2. The number of allylic oxidation sites excluding steroid dienone is 15. The van der Waals surface area contributed by atoms with Crippen LogP contribution in [0.1, 0.15) is 129 Å². The Morgan fingerprint density at radius 2 is 1.10 bits per heavy atom. The number of ether oxygens (including phenoxy) is 2. The SMILES string of the molecule is CC/C=C\C/C=C\C/C=C\C/C=C\C/C=C\CCCC(=O)OC[C@H](COP(=O)(O)OCC[N+](C)(C)C)OC(=O)CCCC(O)C(O)C/C=C\C/C=C\C/C=C\CCCCC. The monoisotopic (exact) mass is 863 g/mol. The fourth-order valence-electron chi connectivity index (χ4n) is 5.21. The third kappa shape index (κ3) is 40.3. The zero-order valence-corrected chi connectivity index (χ0v) is 38.5. The molecule has 0 aliphatic heterocycles. The van der Waals surface area contributed by atoms with E-state index < -0.39 is 44.7 Å². The molecule has 0 aromatic rings. The second-order valence-corrected chi connectivity index (χ2v) is 17.1. The van der Waals surface area contributed by atoms with Crippen LogP contribution in [0.4, 0.5) is 0 Å². The van der Waals surface area contributed by atoms with E-state index >= 15 is 0 Å². The lowest BCUT2D eigenvalue weighted by Gasteiger charge is -2.24. The molecule has 3 unspecified atom stereocenters. The maximum Gasteiger partial charge on any atom is 0.472 e. The highest BCUT2D eigenvalue weighted by atomic mass is 31.2. The van der Waals surface area contributed by atoms with E-state index in [1.807, 2.05) is 45.4 Å². The average Bonchev–Trinajstić information content (AvgIpc) is 3.19. The molecule has 0 fully saturated rings. The number of phosphoric ester groups is 1. The number of likely N-dealkylation sites (N-methyl/N-ethyl adjacent to an activating group) is 1. The first kappa shape index (κ1) is 56.9. The molecule has 0 rings (SSSR count). The fourth-order valence-corrected chi connectivity index (χ4v) is 5.95. The number of rotatable bonds is 38. The van der Waals surface area contributed by atoms with Crippen LogP contribution in [-0.4, -0.2) is 97.3 Å². The minimum Gasteiger partial charge on any atom is -0.462 e. The molecule has 11 nitrogen and oxygen atoms in total. The maximum absolute atomic E-state index is 12.7. The first-order valence-electron chi connectivity index (χ1n) is 22.1. The van der Waals surface area contributed by atoms with Gasteiger partial charge in [0.2, 0.25) is 0 Å². The molecular weight excluding hydrogens is 781 g/mol. The molecule has 0 radical (unpaired) electrons. The van der Waals surface area contributed by atoms with E-state index in [1.165, 1.54) is 19.3 Å². The third-order valence-corrected chi connectivity index (χ3v) is 9.78. The van der Waals surface area contributed by atoms with Crippen LogP contribution in [0.25, 0.3) is 0 Å². The van der Waals surface area contributed by atoms with Gasteiger partial charge in [0.15, 0.2) is 6.10 Å². The van der Waals surface area contributed by atoms with Crippen LogP contribution in [0, 0.1) is 0 Å². The molecule has 0 saturated heterocycles. The Bertz CT molecular complexity index is 1380. The summed E-state index contributed by atoms with van der Waals surface area (Å²) in [6.07, 6.45) is 43.5. The van der Waals surface area contributed by atoms with Crippen LogP contribution < -0.4 is 0 Å². The van der Waals surface area contributed by atoms with Crippen molar-refractivity contribution in [2.24, 2.45) is 0 Å². The van der Waals surface area contributed by atoms with Gasteiger partial charge in [0.05, 0.1) is 40.0 Å². The zero-order chi connectivity index (χ0) is 44.6. The van der Waals surface area contributed by atoms with Crippen molar-refractivity contribution in [2.75, 3.05) is 47.5 Å². The summed E-state index contributed by atoms with van der Waals surface area (Å²) in [6.45, 7) is 3.84. The van der Waals surface area contributed by atoms with Gasteiger partial charge in [-0.15, -0.1) is 0 Å². The van der Waals surface area contributed by atoms with Crippen LogP contribution in [0.15, 0.2) is 97.2 Å². The molecule has 0 heterocycles. The molecule has 12 heteroatoms. The summed E-state index contributed by atoms with van der Waals surface area (Å²) < 4.78 is 34.0. The van der Waals surface area contributed by atoms with Crippen LogP contribution in [-0.2, 0) is 32.7 Å². The average molecular weight is 863 g/mol. The predicted molar refractivity (Wildman–Crippen MR) is 245 cm³/mol. The van der Waals surface area contributed by atoms with Crippen molar-refractivity contribution < 1.29 is 52.3 Å². The van der Waals surface area contributed by atoms with Gasteiger partial charge in [-0.2, -0.15) is 0 Å². The Balaban J connectivity index is 4.72. The molecule has 60 heavy (non-hydrogen) atoms. The zero-order valence-electron chi connectivity index (χ0n) is 37.6. The largest absolute Gasteiger partial charge is 0.472 e. The van der Waals surface area contributed by atoms with Crippen molar-refractivity contribution in [3.63, 3.8) is 0 Å². The Morgan fingerprint density at radius 3 is 1.63 bits per heavy atom. The topological polar surface area (TPSA) is 149 Å². The summed E-state index contributed by atoms with van der Waals surface area (Å²) in [5, 5.41) is 20.8. The number of unbranched alkanes of at least 4 members (excludes halogenated alkanes) is 4. The van der Waals surface area contributed by atoms with Gasteiger partial charge in [-0.25, -0.2) is 4.57 Å². The molecular formula is C48H81NO10P+. The lowest BCUT2D eigenvalue weighted by molar-refractivity contribution is -0.870. The Hall–Kier alpha value is -3.15. The molecule has 0 amide bonds. The van der Waals surface area contributed by atoms with Crippen molar-refractivity contribution in [3.05, 3.63) is 97.2 Å². The summed E-state index contributed by atoms with van der Waals surface area (Å²) in [7, 11) is 1.25. The first-order chi connectivity index (χ1) is 28.8. The highest BCUT2D eigenvalue weighted by molar-refractivity contribution is 7.47. The number of quaternary nitrogens is 1. The minimum absolute atomic E-state index is 0.0350. The van der Waals surface area contributed by atoms with Gasteiger partial charge in [0.25, 0.3) is 0 Å². The number of hydrogen-bond donors (Lipinski definition) is 3. The van der Waals surface area contributed by atoms with E-state index in [2.05, 4.69) is 86.8 Å². The van der Waals surface area contributed by atoms with E-state index in [9.17, 15) is 29.3 Å². The van der Waals surface area contributed by atoms with Crippen molar-refractivity contribution in [3.8, 4) is 0 Å². The standard InChI is InChI=1S/C48H80NO10P/c1-6-8-10-12-14-16-18-20-21-22-23-24-26-28-30-32-34-38-47(52)56-42-44(43-58-60(54,55)57-41-40-49(3,4)5)59-48(53)39-35-37-46(51)45(50)36-33-31-29-27-25-19-17-15-13-11-9-7-2/h8,10,14-17,20-21,23-25,27-28,30-31,33,44-46,50-51H,6-7,9,11-13,18-19,22,26,29,32,34-43H2,1-5H3/p+1/b10-8-,16-14-,17-15-,21-20-,24-23-,27-25-,30-28-,33-31-/t44-,45?,46?/m1/s1. The second-order valence-electron chi connectivity index (χ2n) is 15.7. The molecule has 0 aromatic carbocycles. The van der Waals surface area contributed by atoms with Gasteiger partial charge >= 0.3 is 19.8 Å². The predicted octanol–water partition coefficient (Wildman–Crippen LogP) is 10.5. The number of aliphatic hydroxyl groups excluding tert-OH is 2. The Morgan fingerprint density at radius 1 is 0.600 bits per heavy atom. The number of hydrogen-bond acceptors (Lipinski definition) is 9. The first-order valence-corrected chi connectivity index (χ1v) is 23.6. The van der Waals surface area contributed by atoms with Crippen LogP contribution in [0.5, 0.6) is 0 Å². The second kappa shape index (κ2) is 38.7. The molecule has 4 atom stereocenters. The highest BCUT2D eigenvalue weighted by Crippen LogP contribution is 2.43. The van der Waals surface area contributed by atoms with Crippen LogP contribution in [0.2, 0.25) is 0 Å². The summed E-state index contributed by atoms with van der Waals surface area (Å²) in [5.74, 6) is -1.16. The lowest BCUT2D eigenvalue weighted by Crippen LogP contribution is -2.37. The number of nitrogens with zero attached hydrogens (tertiary/aromatic N) is 1. The number of phosphoric acid groups is 1. The maximum atomic E-state index is 12.7. The summed E-state index contributed by atoms with van der Waals surface area (Å²) in [6, 6.07) is 0. The van der Waals surface area contributed by atoms with E-state index in [0.29, 0.717) is 23.9 Å². The molecule has 0 saturated carbocycles. The van der Waals surface area contributed by atoms with E-state index in [0.717, 1.165) is 51.4 Å². The fraction of sp³-hybridized carbons (Fsp3) is 0.625. The van der Waals surface area contributed by atoms with E-state index in [1.54, 1.807) is 0 Å². The smallest absolute Gasteiger partial charge is 0.462 e. The van der Waals surface area contributed by atoms with Gasteiger partial charge in [-0.05, 0) is 89.9 Å². The molecule has 0 spiro atoms. The number of carbonyl (C=O) groups is 2. The van der Waals surface area contributed by atoms with Crippen LogP contribution >= 0.6 is 7.82 Å². The minimum atomic E-state index is -4.48. The molecule has 0 aliphatic carbocycles. The van der Waals surface area contributed by atoms with E-state index in [4.69, 9.17) is 18.5 Å². The number of esters is 2. The van der Waals surface area contributed by atoms with Crippen molar-refractivity contribution in [2.45, 2.75) is 148 Å². The quantitative estimate of drug-likeness (QED) is 0.0180. The van der Waals surface area contributed by atoms with Crippen molar-refractivity contribution in [1.29, 1.82) is 0 Å². The lowest BCUT2D eigenvalue weighted by atomic mass is 10.0. The van der Waals surface area contributed by atoms with Crippen molar-refractivity contribution in [1.82, 2.24) is 0 Å². The van der Waals surface area contributed by atoms with Gasteiger partial charge in [0.1, 0.15) is 19.8 Å². The summed E-state index contributed by atoms with van der Waals surface area (Å²) in [4.78, 5) is 35.4. The third-order valence-electron chi connectivity index (χ3n) is 8.80. The van der Waals surface area contributed by atoms with Gasteiger partial charge in [-0.1, -0.05) is 124 Å². The van der Waals surface area contributed by atoms with Gasteiger partial charge < -0.3 is 29.1 Å². The van der Waals surface area contributed by atoms with Gasteiger partial charge in [0, 0.05) is 12.8 Å². The molecule has 3 N–H and O–H groups in total. The Labute approximate surface area is 363 Å². The number of aliphatic hydroxyl groups is 2. The van der Waals surface area contributed by atoms with Gasteiger partial charge in [-0.3, -0.25) is 18.6 Å². The highest BCUT2D eigenvalue weighted by Gasteiger charge is 2.27. The Kier molecular flexibility index (Phi) is 36.7. The van der Waals surface area contributed by atoms with Crippen LogP contribution in [0.3, 0.4) is 0 Å². The molecule has 0 bridgehead atoms. The normalized spacial score (nSPS) is 15.5. The molecule has 0 aliphatic rings. The molecule has 0 aromatic heterocycles. The summed E-state index contributed by atoms with van der Waals surface area (Å²) >= 11 is 0. The molecule has 342 valence electrons. The van der Waals surface area contributed by atoms with E-state index in [-0.39, 0.29) is 45.3 Å².